The summed E-state index contributed by atoms with van der Waals surface area (Å²) in [6.07, 6.45) is 1.26. The Morgan fingerprint density at radius 3 is 2.53 bits per heavy atom. The van der Waals surface area contributed by atoms with E-state index in [9.17, 15) is 9.90 Å². The van der Waals surface area contributed by atoms with Gasteiger partial charge in [0.15, 0.2) is 0 Å². The maximum absolute atomic E-state index is 12.0. The van der Waals surface area contributed by atoms with Gasteiger partial charge in [0, 0.05) is 26.2 Å². The van der Waals surface area contributed by atoms with Crippen LogP contribution in [0.3, 0.4) is 0 Å². The van der Waals surface area contributed by atoms with Crippen molar-refractivity contribution in [3.05, 3.63) is 0 Å². The van der Waals surface area contributed by atoms with Crippen LogP contribution in [0.15, 0.2) is 0 Å². The fourth-order valence-corrected chi connectivity index (χ4v) is 2.07. The molecular weight excluding hydrogens is 244 g/mol. The number of amides is 1. The lowest BCUT2D eigenvalue weighted by Gasteiger charge is -2.26. The second-order valence-electron chi connectivity index (χ2n) is 6.30. The maximum atomic E-state index is 12.0. The molecule has 0 bridgehead atoms. The molecule has 0 aliphatic carbocycles. The molecule has 0 spiro atoms. The Balaban J connectivity index is 2.39. The zero-order valence-corrected chi connectivity index (χ0v) is 12.7. The monoisotopic (exact) mass is 272 g/mol. The Bertz CT molecular complexity index is 287. The van der Waals surface area contributed by atoms with E-state index >= 15 is 0 Å². The van der Waals surface area contributed by atoms with Gasteiger partial charge in [-0.2, -0.15) is 0 Å². The van der Waals surface area contributed by atoms with E-state index in [1.54, 1.807) is 4.90 Å². The molecule has 5 nitrogen and oxygen atoms in total. The number of ether oxygens (including phenoxy) is 1. The molecule has 1 fully saturated rings. The maximum Gasteiger partial charge on any atom is 0.410 e. The molecule has 1 N–H and O–H groups in total. The van der Waals surface area contributed by atoms with E-state index in [1.807, 2.05) is 27.7 Å². The van der Waals surface area contributed by atoms with Crippen molar-refractivity contribution in [3.63, 3.8) is 0 Å². The first-order valence-electron chi connectivity index (χ1n) is 7.16. The Hall–Kier alpha value is -0.810. The molecule has 1 saturated heterocycles. The van der Waals surface area contributed by atoms with Crippen molar-refractivity contribution in [2.45, 2.75) is 52.2 Å². The van der Waals surface area contributed by atoms with Gasteiger partial charge in [-0.05, 0) is 47.1 Å². The van der Waals surface area contributed by atoms with Crippen molar-refractivity contribution in [2.24, 2.45) is 0 Å². The summed E-state index contributed by atoms with van der Waals surface area (Å²) in [5, 5.41) is 9.31. The first-order chi connectivity index (χ1) is 8.78. The predicted octanol–water partition coefficient (Wildman–Crippen LogP) is 1.70. The van der Waals surface area contributed by atoms with Crippen molar-refractivity contribution in [3.8, 4) is 0 Å². The molecule has 1 heterocycles. The van der Waals surface area contributed by atoms with E-state index in [0.29, 0.717) is 6.54 Å². The Morgan fingerprint density at radius 2 is 1.95 bits per heavy atom. The lowest BCUT2D eigenvalue weighted by atomic mass is 10.2. The predicted molar refractivity (Wildman–Crippen MR) is 75.2 cm³/mol. The number of hydrogen-bond acceptors (Lipinski definition) is 4. The number of hydrogen-bond donors (Lipinski definition) is 1. The second kappa shape index (κ2) is 7.10. The van der Waals surface area contributed by atoms with Crippen LogP contribution < -0.4 is 0 Å². The molecule has 0 radical (unpaired) electrons. The zero-order chi connectivity index (χ0) is 14.5. The van der Waals surface area contributed by atoms with Gasteiger partial charge < -0.3 is 19.6 Å². The van der Waals surface area contributed by atoms with E-state index < -0.39 is 5.60 Å². The van der Waals surface area contributed by atoms with Crippen molar-refractivity contribution in [1.82, 2.24) is 9.80 Å². The normalized spacial score (nSPS) is 19.9. The van der Waals surface area contributed by atoms with Gasteiger partial charge in [0.1, 0.15) is 5.60 Å². The molecule has 1 unspecified atom stereocenters. The van der Waals surface area contributed by atoms with Crippen molar-refractivity contribution >= 4 is 6.09 Å². The second-order valence-corrected chi connectivity index (χ2v) is 6.30. The topological polar surface area (TPSA) is 53.0 Å². The molecule has 1 amide bonds. The Labute approximate surface area is 116 Å². The summed E-state index contributed by atoms with van der Waals surface area (Å²) in [7, 11) is 0. The van der Waals surface area contributed by atoms with Crippen molar-refractivity contribution < 1.29 is 14.6 Å². The first-order valence-corrected chi connectivity index (χ1v) is 7.16. The van der Waals surface area contributed by atoms with Gasteiger partial charge in [0.05, 0.1) is 6.10 Å². The van der Waals surface area contributed by atoms with Crippen LogP contribution in [0.25, 0.3) is 0 Å². The van der Waals surface area contributed by atoms with Crippen LogP contribution in [0.1, 0.15) is 40.5 Å². The lowest BCUT2D eigenvalue weighted by Crippen LogP contribution is -2.39. The fourth-order valence-electron chi connectivity index (χ4n) is 2.07. The number of carbonyl (C=O) groups excluding carboxylic acids is 1. The minimum Gasteiger partial charge on any atom is -0.444 e. The van der Waals surface area contributed by atoms with Crippen LogP contribution in [0.4, 0.5) is 4.79 Å². The summed E-state index contributed by atoms with van der Waals surface area (Å²) in [6.45, 7) is 11.6. The Morgan fingerprint density at radius 1 is 1.26 bits per heavy atom. The molecule has 0 aromatic heterocycles. The van der Waals surface area contributed by atoms with Gasteiger partial charge in [0.2, 0.25) is 0 Å². The van der Waals surface area contributed by atoms with Crippen molar-refractivity contribution in [2.75, 3.05) is 32.7 Å². The summed E-state index contributed by atoms with van der Waals surface area (Å²) in [5.41, 5.74) is -0.435. The highest BCUT2D eigenvalue weighted by molar-refractivity contribution is 5.68. The molecule has 19 heavy (non-hydrogen) atoms. The van der Waals surface area contributed by atoms with Crippen LogP contribution in [-0.2, 0) is 4.74 Å². The zero-order valence-electron chi connectivity index (χ0n) is 12.7. The van der Waals surface area contributed by atoms with Crippen LogP contribution in [0, 0.1) is 0 Å². The van der Waals surface area contributed by atoms with Crippen LogP contribution in [-0.4, -0.2) is 65.4 Å². The quantitative estimate of drug-likeness (QED) is 0.849. The number of nitrogens with zero attached hydrogens (tertiary/aromatic N) is 2. The third-order valence-electron chi connectivity index (χ3n) is 3.10. The summed E-state index contributed by atoms with van der Waals surface area (Å²) >= 11 is 0. The van der Waals surface area contributed by atoms with E-state index in [-0.39, 0.29) is 12.2 Å². The standard InChI is InChI=1S/C14H28N2O3/c1-12(17)6-9-15-7-5-8-16(11-10-15)13(18)19-14(2,3)4/h12,17H,5-11H2,1-4H3. The highest BCUT2D eigenvalue weighted by atomic mass is 16.6. The van der Waals surface area contributed by atoms with Crippen molar-refractivity contribution in [1.29, 1.82) is 0 Å². The molecule has 0 saturated carbocycles. The Kier molecular flexibility index (Phi) is 6.07. The molecule has 0 aromatic carbocycles. The lowest BCUT2D eigenvalue weighted by molar-refractivity contribution is 0.0257. The molecule has 1 aliphatic heterocycles. The molecule has 1 aliphatic rings. The van der Waals surface area contributed by atoms with E-state index in [0.717, 1.165) is 39.0 Å². The number of aliphatic hydroxyl groups is 1. The minimum absolute atomic E-state index is 0.218. The smallest absolute Gasteiger partial charge is 0.410 e. The van der Waals surface area contributed by atoms with Gasteiger partial charge in [-0.3, -0.25) is 0 Å². The summed E-state index contributed by atoms with van der Waals surface area (Å²) in [4.78, 5) is 16.1. The SMILES string of the molecule is CC(O)CCN1CCCN(C(=O)OC(C)(C)C)CC1. The third-order valence-corrected chi connectivity index (χ3v) is 3.10. The highest BCUT2D eigenvalue weighted by Gasteiger charge is 2.24. The molecule has 1 rings (SSSR count). The largest absolute Gasteiger partial charge is 0.444 e. The molecule has 112 valence electrons. The van der Waals surface area contributed by atoms with E-state index in [2.05, 4.69) is 4.90 Å². The van der Waals surface area contributed by atoms with Gasteiger partial charge in [-0.25, -0.2) is 4.79 Å². The first kappa shape index (κ1) is 16.2. The number of aliphatic hydroxyl groups excluding tert-OH is 1. The number of carbonyl (C=O) groups is 1. The van der Waals surface area contributed by atoms with Gasteiger partial charge in [-0.15, -0.1) is 0 Å². The molecular formula is C14H28N2O3. The van der Waals surface area contributed by atoms with E-state index in [1.165, 1.54) is 0 Å². The van der Waals surface area contributed by atoms with Crippen LogP contribution >= 0.6 is 0 Å². The average molecular weight is 272 g/mol. The number of rotatable bonds is 3. The third kappa shape index (κ3) is 6.78. The van der Waals surface area contributed by atoms with Crippen LogP contribution in [0.5, 0.6) is 0 Å². The molecule has 1 atom stereocenters. The summed E-state index contributed by atoms with van der Waals surface area (Å²) in [5.74, 6) is 0. The molecule has 0 aromatic rings. The molecule has 5 heteroatoms. The summed E-state index contributed by atoms with van der Waals surface area (Å²) < 4.78 is 5.39. The van der Waals surface area contributed by atoms with Gasteiger partial charge in [0.25, 0.3) is 0 Å². The van der Waals surface area contributed by atoms with Gasteiger partial charge >= 0.3 is 6.09 Å². The van der Waals surface area contributed by atoms with E-state index in [4.69, 9.17) is 4.74 Å². The fraction of sp³-hybridized carbons (Fsp3) is 0.929. The summed E-state index contributed by atoms with van der Waals surface area (Å²) in [6, 6.07) is 0. The van der Waals surface area contributed by atoms with Crippen LogP contribution in [0.2, 0.25) is 0 Å². The average Bonchev–Trinajstić information content (AvgIpc) is 2.49. The highest BCUT2D eigenvalue weighted by Crippen LogP contribution is 2.12. The minimum atomic E-state index is -0.435. The van der Waals surface area contributed by atoms with Gasteiger partial charge in [-0.1, -0.05) is 0 Å².